The lowest BCUT2D eigenvalue weighted by Gasteiger charge is -2.33. The van der Waals surface area contributed by atoms with Crippen molar-refractivity contribution in [1.29, 1.82) is 0 Å². The lowest BCUT2D eigenvalue weighted by molar-refractivity contribution is -0.146. The van der Waals surface area contributed by atoms with Crippen molar-refractivity contribution in [3.05, 3.63) is 29.3 Å². The van der Waals surface area contributed by atoms with Gasteiger partial charge in [-0.3, -0.25) is 9.59 Å². The average Bonchev–Trinajstić information content (AvgIpc) is 2.50. The van der Waals surface area contributed by atoms with Crippen LogP contribution in [0.4, 0.5) is 5.69 Å². The number of aryl methyl sites for hydroxylation is 1. The first kappa shape index (κ1) is 17.5. The van der Waals surface area contributed by atoms with Crippen LogP contribution in [-0.4, -0.2) is 41.0 Å². The maximum atomic E-state index is 12.3. The molecule has 2 unspecified atom stereocenters. The second kappa shape index (κ2) is 7.13. The zero-order valence-corrected chi connectivity index (χ0v) is 14.3. The topological polar surface area (TPSA) is 69.6 Å². The van der Waals surface area contributed by atoms with Crippen LogP contribution in [-0.2, 0) is 9.59 Å². The standard InChI is InChI=1S/C18H26N2O3/c1-11(2)14-7-5-6-13(4)16(14)19-17(22)18(23)20-9-8-12(3)15(21)10-20/h5-7,11-12,15,21H,8-10H2,1-4H3,(H,19,22). The Morgan fingerprint density at radius 1 is 1.35 bits per heavy atom. The molecule has 2 atom stereocenters. The van der Waals surface area contributed by atoms with Crippen LogP contribution in [0, 0.1) is 12.8 Å². The Hall–Kier alpha value is -1.88. The molecule has 1 aliphatic heterocycles. The molecule has 0 radical (unpaired) electrons. The number of carbonyl (C=O) groups is 2. The molecule has 1 aliphatic rings. The highest BCUT2D eigenvalue weighted by atomic mass is 16.3. The maximum absolute atomic E-state index is 12.3. The van der Waals surface area contributed by atoms with E-state index in [-0.39, 0.29) is 18.4 Å². The molecule has 0 spiro atoms. The number of hydrogen-bond acceptors (Lipinski definition) is 3. The Morgan fingerprint density at radius 2 is 2.04 bits per heavy atom. The number of likely N-dealkylation sites (tertiary alicyclic amines) is 1. The van der Waals surface area contributed by atoms with Gasteiger partial charge in [0.1, 0.15) is 0 Å². The quantitative estimate of drug-likeness (QED) is 0.822. The zero-order chi connectivity index (χ0) is 17.1. The van der Waals surface area contributed by atoms with E-state index in [1.807, 2.05) is 32.0 Å². The summed E-state index contributed by atoms with van der Waals surface area (Å²) in [6.07, 6.45) is 0.145. The van der Waals surface area contributed by atoms with Gasteiger partial charge in [-0.2, -0.15) is 0 Å². The Morgan fingerprint density at radius 3 is 2.65 bits per heavy atom. The number of aliphatic hydroxyl groups excluding tert-OH is 1. The van der Waals surface area contributed by atoms with Gasteiger partial charge in [0, 0.05) is 18.8 Å². The molecule has 2 N–H and O–H groups in total. The van der Waals surface area contributed by atoms with Crippen molar-refractivity contribution in [3.63, 3.8) is 0 Å². The van der Waals surface area contributed by atoms with Gasteiger partial charge in [0.15, 0.2) is 0 Å². The summed E-state index contributed by atoms with van der Waals surface area (Å²) in [6, 6.07) is 5.83. The number of β-amino-alcohol motifs (C(OH)–C–C–N with tert-alkyl or cyclic N) is 1. The molecule has 0 saturated carbocycles. The first-order chi connectivity index (χ1) is 10.8. The van der Waals surface area contributed by atoms with E-state index >= 15 is 0 Å². The van der Waals surface area contributed by atoms with E-state index < -0.39 is 17.9 Å². The average molecular weight is 318 g/mol. The van der Waals surface area contributed by atoms with Gasteiger partial charge < -0.3 is 15.3 Å². The third kappa shape index (κ3) is 3.91. The molecule has 0 aromatic heterocycles. The van der Waals surface area contributed by atoms with E-state index in [4.69, 9.17) is 0 Å². The molecule has 23 heavy (non-hydrogen) atoms. The molecule has 1 fully saturated rings. The molecule has 1 heterocycles. The highest BCUT2D eigenvalue weighted by Crippen LogP contribution is 2.27. The molecule has 126 valence electrons. The molecule has 0 aliphatic carbocycles. The minimum Gasteiger partial charge on any atom is -0.391 e. The predicted molar refractivity (Wildman–Crippen MR) is 90.3 cm³/mol. The number of carbonyl (C=O) groups excluding carboxylic acids is 2. The van der Waals surface area contributed by atoms with Crippen LogP contribution < -0.4 is 5.32 Å². The summed E-state index contributed by atoms with van der Waals surface area (Å²) in [7, 11) is 0. The van der Waals surface area contributed by atoms with Crippen LogP contribution in [0.15, 0.2) is 18.2 Å². The third-order valence-corrected chi connectivity index (χ3v) is 4.57. The van der Waals surface area contributed by atoms with Crippen molar-refractivity contribution >= 4 is 17.5 Å². The molecule has 1 aromatic rings. The predicted octanol–water partition coefficient (Wildman–Crippen LogP) is 2.29. The number of rotatable bonds is 2. The smallest absolute Gasteiger partial charge is 0.313 e. The van der Waals surface area contributed by atoms with Gasteiger partial charge in [0.25, 0.3) is 0 Å². The molecule has 2 amide bonds. The van der Waals surface area contributed by atoms with Crippen molar-refractivity contribution in [2.45, 2.75) is 46.1 Å². The Balaban J connectivity index is 2.12. The lowest BCUT2D eigenvalue weighted by atomic mass is 9.96. The monoisotopic (exact) mass is 318 g/mol. The fourth-order valence-electron chi connectivity index (χ4n) is 2.89. The maximum Gasteiger partial charge on any atom is 0.313 e. The fraction of sp³-hybridized carbons (Fsp3) is 0.556. The summed E-state index contributed by atoms with van der Waals surface area (Å²) in [5, 5.41) is 12.7. The second-order valence-corrected chi connectivity index (χ2v) is 6.73. The highest BCUT2D eigenvalue weighted by molar-refractivity contribution is 6.39. The van der Waals surface area contributed by atoms with Crippen molar-refractivity contribution in [2.75, 3.05) is 18.4 Å². The number of benzene rings is 1. The second-order valence-electron chi connectivity index (χ2n) is 6.73. The van der Waals surface area contributed by atoms with Crippen molar-refractivity contribution in [2.24, 2.45) is 5.92 Å². The van der Waals surface area contributed by atoms with Crippen molar-refractivity contribution in [3.8, 4) is 0 Å². The van der Waals surface area contributed by atoms with Gasteiger partial charge in [0.2, 0.25) is 0 Å². The first-order valence-corrected chi connectivity index (χ1v) is 8.19. The van der Waals surface area contributed by atoms with E-state index in [0.29, 0.717) is 18.7 Å². The number of nitrogens with one attached hydrogen (secondary N) is 1. The van der Waals surface area contributed by atoms with E-state index in [1.165, 1.54) is 4.90 Å². The van der Waals surface area contributed by atoms with E-state index in [2.05, 4.69) is 19.2 Å². The van der Waals surface area contributed by atoms with Crippen LogP contribution in [0.5, 0.6) is 0 Å². The van der Waals surface area contributed by atoms with Gasteiger partial charge in [-0.25, -0.2) is 0 Å². The Kier molecular flexibility index (Phi) is 5.42. The molecule has 0 bridgehead atoms. The van der Waals surface area contributed by atoms with E-state index in [1.54, 1.807) is 0 Å². The summed E-state index contributed by atoms with van der Waals surface area (Å²) >= 11 is 0. The third-order valence-electron chi connectivity index (χ3n) is 4.57. The molecular formula is C18H26N2O3. The summed E-state index contributed by atoms with van der Waals surface area (Å²) in [6.45, 7) is 8.70. The van der Waals surface area contributed by atoms with Crippen LogP contribution in [0.25, 0.3) is 0 Å². The Labute approximate surface area is 137 Å². The number of aliphatic hydroxyl groups is 1. The number of para-hydroxylation sites is 1. The molecule has 5 heteroatoms. The summed E-state index contributed by atoms with van der Waals surface area (Å²) in [4.78, 5) is 26.1. The number of piperidine rings is 1. The molecule has 2 rings (SSSR count). The summed E-state index contributed by atoms with van der Waals surface area (Å²) in [5.74, 6) is -0.805. The van der Waals surface area contributed by atoms with Crippen molar-refractivity contribution in [1.82, 2.24) is 4.90 Å². The van der Waals surface area contributed by atoms with E-state index in [9.17, 15) is 14.7 Å². The minimum absolute atomic E-state index is 0.158. The SMILES string of the molecule is Cc1cccc(C(C)C)c1NC(=O)C(=O)N1CCC(C)C(O)C1. The molecule has 1 aromatic carbocycles. The number of amides is 2. The van der Waals surface area contributed by atoms with Gasteiger partial charge in [0.05, 0.1) is 6.10 Å². The summed E-state index contributed by atoms with van der Waals surface area (Å²) < 4.78 is 0. The number of anilines is 1. The molecule has 5 nitrogen and oxygen atoms in total. The highest BCUT2D eigenvalue weighted by Gasteiger charge is 2.31. The largest absolute Gasteiger partial charge is 0.391 e. The zero-order valence-electron chi connectivity index (χ0n) is 14.3. The van der Waals surface area contributed by atoms with Crippen LogP contribution in [0.3, 0.4) is 0 Å². The minimum atomic E-state index is -0.636. The van der Waals surface area contributed by atoms with E-state index in [0.717, 1.165) is 11.1 Å². The van der Waals surface area contributed by atoms with Crippen LogP contribution in [0.1, 0.15) is 44.2 Å². The van der Waals surface area contributed by atoms with Gasteiger partial charge >= 0.3 is 11.8 Å². The van der Waals surface area contributed by atoms with Gasteiger partial charge in [-0.1, -0.05) is 39.0 Å². The number of nitrogens with zero attached hydrogens (tertiary/aromatic N) is 1. The van der Waals surface area contributed by atoms with Gasteiger partial charge in [-0.15, -0.1) is 0 Å². The van der Waals surface area contributed by atoms with Crippen LogP contribution >= 0.6 is 0 Å². The van der Waals surface area contributed by atoms with Crippen LogP contribution in [0.2, 0.25) is 0 Å². The molecular weight excluding hydrogens is 292 g/mol. The first-order valence-electron chi connectivity index (χ1n) is 8.19. The summed E-state index contributed by atoms with van der Waals surface area (Å²) in [5.41, 5.74) is 2.66. The van der Waals surface area contributed by atoms with Crippen molar-refractivity contribution < 1.29 is 14.7 Å². The molecule has 1 saturated heterocycles. The number of hydrogen-bond donors (Lipinski definition) is 2. The Bertz CT molecular complexity index is 598. The van der Waals surface area contributed by atoms with Gasteiger partial charge in [-0.05, 0) is 36.3 Å². The fourth-order valence-corrected chi connectivity index (χ4v) is 2.89. The normalized spacial score (nSPS) is 21.4. The lowest BCUT2D eigenvalue weighted by Crippen LogP contribution is -2.49.